The second-order valence-electron chi connectivity index (χ2n) is 6.18. The van der Waals surface area contributed by atoms with Crippen LogP contribution in [0.3, 0.4) is 0 Å². The van der Waals surface area contributed by atoms with Gasteiger partial charge in [-0.1, -0.05) is 12.8 Å². The van der Waals surface area contributed by atoms with Gasteiger partial charge in [-0.2, -0.15) is 0 Å². The van der Waals surface area contributed by atoms with Crippen molar-refractivity contribution in [2.45, 2.75) is 43.5 Å². The van der Waals surface area contributed by atoms with Crippen LogP contribution in [0.25, 0.3) is 0 Å². The number of hydrogen-bond acceptors (Lipinski definition) is 5. The van der Waals surface area contributed by atoms with Gasteiger partial charge in [-0.05, 0) is 38.0 Å². The third kappa shape index (κ3) is 4.73. The number of benzene rings is 1. The van der Waals surface area contributed by atoms with Crippen molar-refractivity contribution in [1.29, 1.82) is 0 Å². The minimum absolute atomic E-state index is 0.0979. The van der Waals surface area contributed by atoms with Gasteiger partial charge < -0.3 is 14.7 Å². The smallest absolute Gasteiger partial charge is 0.323 e. The van der Waals surface area contributed by atoms with E-state index in [-0.39, 0.29) is 28.8 Å². The molecule has 0 saturated heterocycles. The first-order valence-corrected chi connectivity index (χ1v) is 9.98. The normalized spacial score (nSPS) is 15.0. The number of methoxy groups -OCH3 is 1. The number of carbonyl (C=O) groups is 2. The lowest BCUT2D eigenvalue weighted by atomic mass is 10.2. The van der Waals surface area contributed by atoms with Crippen LogP contribution in [0.4, 0.5) is 0 Å². The van der Waals surface area contributed by atoms with E-state index in [4.69, 9.17) is 9.84 Å². The van der Waals surface area contributed by atoms with Crippen LogP contribution >= 0.6 is 0 Å². The number of carboxylic acid groups (broad SMARTS) is 1. The maximum atomic E-state index is 12.7. The van der Waals surface area contributed by atoms with Crippen LogP contribution < -0.4 is 9.46 Å². The van der Waals surface area contributed by atoms with Gasteiger partial charge in [0, 0.05) is 18.2 Å². The molecule has 1 fully saturated rings. The average Bonchev–Trinajstić information content (AvgIpc) is 3.10. The van der Waals surface area contributed by atoms with Crippen molar-refractivity contribution in [3.8, 4) is 5.75 Å². The number of sulfonamides is 1. The van der Waals surface area contributed by atoms with E-state index in [0.29, 0.717) is 0 Å². The Balaban J connectivity index is 2.35. The van der Waals surface area contributed by atoms with Gasteiger partial charge in [0.15, 0.2) is 0 Å². The van der Waals surface area contributed by atoms with Crippen molar-refractivity contribution in [3.05, 3.63) is 23.8 Å². The molecule has 8 nitrogen and oxygen atoms in total. The molecule has 1 aliphatic carbocycles. The van der Waals surface area contributed by atoms with Crippen LogP contribution in [0.15, 0.2) is 23.1 Å². The van der Waals surface area contributed by atoms with Crippen LogP contribution in [-0.4, -0.2) is 56.5 Å². The fourth-order valence-electron chi connectivity index (χ4n) is 3.02. The standard InChI is InChI=1S/C17H24N2O6S/c1-3-19(11-16(20)21)17(22)12-8-9-14(25-2)15(10-12)26(23,24)18-13-6-4-5-7-13/h8-10,13,18H,3-7,11H2,1-2H3,(H,20,21). The molecule has 0 bridgehead atoms. The van der Waals surface area contributed by atoms with E-state index < -0.39 is 28.4 Å². The van der Waals surface area contributed by atoms with Crippen LogP contribution in [0.5, 0.6) is 5.75 Å². The van der Waals surface area contributed by atoms with Gasteiger partial charge in [-0.3, -0.25) is 9.59 Å². The first-order valence-electron chi connectivity index (χ1n) is 8.50. The number of nitrogens with zero attached hydrogens (tertiary/aromatic N) is 1. The summed E-state index contributed by atoms with van der Waals surface area (Å²) in [7, 11) is -2.50. The zero-order valence-corrected chi connectivity index (χ0v) is 15.7. The molecular weight excluding hydrogens is 360 g/mol. The molecule has 0 radical (unpaired) electrons. The third-order valence-corrected chi connectivity index (χ3v) is 5.91. The summed E-state index contributed by atoms with van der Waals surface area (Å²) in [6, 6.07) is 3.96. The minimum atomic E-state index is -3.86. The Kier molecular flexibility index (Phi) is 6.60. The molecule has 2 rings (SSSR count). The summed E-state index contributed by atoms with van der Waals surface area (Å²) in [6.07, 6.45) is 3.51. The van der Waals surface area contributed by atoms with Crippen molar-refractivity contribution in [3.63, 3.8) is 0 Å². The monoisotopic (exact) mass is 384 g/mol. The highest BCUT2D eigenvalue weighted by molar-refractivity contribution is 7.89. The van der Waals surface area contributed by atoms with Crippen LogP contribution in [0, 0.1) is 0 Å². The van der Waals surface area contributed by atoms with Crippen LogP contribution in [0.1, 0.15) is 43.0 Å². The Hall–Kier alpha value is -2.13. The van der Waals surface area contributed by atoms with E-state index in [0.717, 1.165) is 30.6 Å². The lowest BCUT2D eigenvalue weighted by Crippen LogP contribution is -2.36. The molecule has 0 aliphatic heterocycles. The molecule has 26 heavy (non-hydrogen) atoms. The number of carboxylic acids is 1. The summed E-state index contributed by atoms with van der Waals surface area (Å²) in [6.45, 7) is 1.40. The van der Waals surface area contributed by atoms with Crippen molar-refractivity contribution in [2.75, 3.05) is 20.2 Å². The number of carbonyl (C=O) groups excluding carboxylic acids is 1. The van der Waals surface area contributed by atoms with Gasteiger partial charge in [0.2, 0.25) is 10.0 Å². The van der Waals surface area contributed by atoms with Crippen molar-refractivity contribution < 1.29 is 27.9 Å². The van der Waals surface area contributed by atoms with E-state index in [2.05, 4.69) is 4.72 Å². The lowest BCUT2D eigenvalue weighted by Gasteiger charge is -2.20. The predicted octanol–water partition coefficient (Wildman–Crippen LogP) is 1.46. The minimum Gasteiger partial charge on any atom is -0.495 e. The van der Waals surface area contributed by atoms with E-state index in [1.54, 1.807) is 6.92 Å². The Morgan fingerprint density at radius 2 is 1.96 bits per heavy atom. The fourth-order valence-corrected chi connectivity index (χ4v) is 4.52. The van der Waals surface area contributed by atoms with Gasteiger partial charge in [-0.15, -0.1) is 0 Å². The number of ether oxygens (including phenoxy) is 1. The molecule has 0 spiro atoms. The van der Waals surface area contributed by atoms with E-state index >= 15 is 0 Å². The molecule has 1 saturated carbocycles. The van der Waals surface area contributed by atoms with E-state index in [1.807, 2.05) is 0 Å². The molecular formula is C17H24N2O6S. The Labute approximate surface area is 153 Å². The number of likely N-dealkylation sites (N-methyl/N-ethyl adjacent to an activating group) is 1. The van der Waals surface area contributed by atoms with Gasteiger partial charge in [0.05, 0.1) is 7.11 Å². The number of amides is 1. The summed E-state index contributed by atoms with van der Waals surface area (Å²) in [5.74, 6) is -1.55. The fraction of sp³-hybridized carbons (Fsp3) is 0.529. The number of hydrogen-bond donors (Lipinski definition) is 2. The second kappa shape index (κ2) is 8.50. The second-order valence-corrected chi connectivity index (χ2v) is 7.86. The maximum absolute atomic E-state index is 12.7. The summed E-state index contributed by atoms with van der Waals surface area (Å²) >= 11 is 0. The number of aliphatic carboxylic acids is 1. The van der Waals surface area contributed by atoms with Gasteiger partial charge in [-0.25, -0.2) is 13.1 Å². The largest absolute Gasteiger partial charge is 0.495 e. The SMILES string of the molecule is CCN(CC(=O)O)C(=O)c1ccc(OC)c(S(=O)(=O)NC2CCCC2)c1. The predicted molar refractivity (Wildman–Crippen MR) is 94.8 cm³/mol. The zero-order valence-electron chi connectivity index (χ0n) is 14.9. The Morgan fingerprint density at radius 1 is 1.31 bits per heavy atom. The van der Waals surface area contributed by atoms with Crippen molar-refractivity contribution in [2.24, 2.45) is 0 Å². The van der Waals surface area contributed by atoms with Crippen LogP contribution in [0.2, 0.25) is 0 Å². The molecule has 2 N–H and O–H groups in total. The molecule has 1 aromatic carbocycles. The van der Waals surface area contributed by atoms with Crippen molar-refractivity contribution >= 4 is 21.9 Å². The third-order valence-electron chi connectivity index (χ3n) is 4.37. The number of nitrogens with one attached hydrogen (secondary N) is 1. The van der Waals surface area contributed by atoms with E-state index in [1.165, 1.54) is 25.3 Å². The Bertz CT molecular complexity index is 771. The first-order chi connectivity index (χ1) is 12.3. The highest BCUT2D eigenvalue weighted by Gasteiger charge is 2.27. The summed E-state index contributed by atoms with van der Waals surface area (Å²) in [5, 5.41) is 8.92. The highest BCUT2D eigenvalue weighted by atomic mass is 32.2. The molecule has 1 amide bonds. The Morgan fingerprint density at radius 3 is 2.50 bits per heavy atom. The van der Waals surface area contributed by atoms with Gasteiger partial charge in [0.25, 0.3) is 5.91 Å². The highest BCUT2D eigenvalue weighted by Crippen LogP contribution is 2.27. The molecule has 0 unspecified atom stereocenters. The zero-order chi connectivity index (χ0) is 19.3. The van der Waals surface area contributed by atoms with E-state index in [9.17, 15) is 18.0 Å². The molecule has 1 aliphatic rings. The van der Waals surface area contributed by atoms with Gasteiger partial charge >= 0.3 is 5.97 Å². The molecule has 1 aromatic rings. The van der Waals surface area contributed by atoms with Gasteiger partial charge in [0.1, 0.15) is 17.2 Å². The summed E-state index contributed by atoms with van der Waals surface area (Å²) in [5.41, 5.74) is 0.0979. The summed E-state index contributed by atoms with van der Waals surface area (Å²) in [4.78, 5) is 24.5. The maximum Gasteiger partial charge on any atom is 0.323 e. The molecule has 0 aromatic heterocycles. The summed E-state index contributed by atoms with van der Waals surface area (Å²) < 4.78 is 33.3. The van der Waals surface area contributed by atoms with Crippen molar-refractivity contribution in [1.82, 2.24) is 9.62 Å². The lowest BCUT2D eigenvalue weighted by molar-refractivity contribution is -0.137. The molecule has 0 heterocycles. The average molecular weight is 384 g/mol. The molecule has 144 valence electrons. The quantitative estimate of drug-likeness (QED) is 0.702. The first kappa shape index (κ1) is 20.2. The molecule has 0 atom stereocenters. The topological polar surface area (TPSA) is 113 Å². The number of rotatable bonds is 8. The molecule has 9 heteroatoms. The van der Waals surface area contributed by atoms with Crippen LogP contribution in [-0.2, 0) is 14.8 Å².